The molecule has 1 amide bonds. The van der Waals surface area contributed by atoms with Gasteiger partial charge < -0.3 is 20.3 Å². The Bertz CT molecular complexity index is 310. The van der Waals surface area contributed by atoms with E-state index in [-0.39, 0.29) is 25.3 Å². The van der Waals surface area contributed by atoms with Gasteiger partial charge in [0, 0.05) is 18.5 Å². The van der Waals surface area contributed by atoms with E-state index in [0.717, 1.165) is 0 Å². The third-order valence-electron chi connectivity index (χ3n) is 3.39. The first kappa shape index (κ1) is 16.2. The summed E-state index contributed by atoms with van der Waals surface area (Å²) >= 11 is 0. The number of ether oxygens (including phenoxy) is 2. The van der Waals surface area contributed by atoms with Gasteiger partial charge in [0.05, 0.1) is 25.9 Å². The summed E-state index contributed by atoms with van der Waals surface area (Å²) in [5, 5.41) is 9.56. The largest absolute Gasteiger partial charge is 0.444 e. The quantitative estimate of drug-likeness (QED) is 0.786. The molecule has 0 aromatic heterocycles. The number of aliphatic hydroxyl groups excluding tert-OH is 1. The van der Waals surface area contributed by atoms with E-state index in [4.69, 9.17) is 15.2 Å². The number of carbonyl (C=O) groups excluding carboxylic acids is 1. The van der Waals surface area contributed by atoms with Crippen LogP contribution in [0.5, 0.6) is 0 Å². The van der Waals surface area contributed by atoms with Crippen LogP contribution in [0, 0.1) is 5.41 Å². The highest BCUT2D eigenvalue weighted by Crippen LogP contribution is 2.28. The van der Waals surface area contributed by atoms with Gasteiger partial charge in [0.2, 0.25) is 0 Å². The fourth-order valence-corrected chi connectivity index (χ4v) is 2.03. The Labute approximate surface area is 114 Å². The number of hydrogen-bond acceptors (Lipinski definition) is 5. The molecule has 1 aliphatic heterocycles. The van der Waals surface area contributed by atoms with Crippen LogP contribution in [-0.4, -0.2) is 60.7 Å². The van der Waals surface area contributed by atoms with Gasteiger partial charge in [-0.3, -0.25) is 4.90 Å². The van der Waals surface area contributed by atoms with Crippen molar-refractivity contribution >= 4 is 6.09 Å². The Balaban J connectivity index is 2.86. The number of hydrogen-bond donors (Lipinski definition) is 2. The number of nitrogens with two attached hydrogens (primary N) is 1. The predicted octanol–water partition coefficient (Wildman–Crippen LogP) is 0.580. The normalized spacial score (nSPS) is 23.9. The minimum atomic E-state index is -0.586. The number of morpholine rings is 1. The summed E-state index contributed by atoms with van der Waals surface area (Å²) in [5.74, 6) is 0. The summed E-state index contributed by atoms with van der Waals surface area (Å²) in [6, 6.07) is -0.272. The minimum Gasteiger partial charge on any atom is -0.444 e. The number of aliphatic hydroxyl groups is 1. The monoisotopic (exact) mass is 274 g/mol. The zero-order chi connectivity index (χ0) is 14.7. The highest BCUT2D eigenvalue weighted by Gasteiger charge is 2.42. The zero-order valence-electron chi connectivity index (χ0n) is 12.3. The van der Waals surface area contributed by atoms with Crippen LogP contribution in [0.3, 0.4) is 0 Å². The van der Waals surface area contributed by atoms with Crippen LogP contribution in [-0.2, 0) is 9.47 Å². The van der Waals surface area contributed by atoms with Crippen LogP contribution in [0.15, 0.2) is 0 Å². The molecule has 0 aromatic rings. The van der Waals surface area contributed by atoms with Crippen molar-refractivity contribution in [2.24, 2.45) is 11.1 Å². The van der Waals surface area contributed by atoms with Crippen molar-refractivity contribution in [1.29, 1.82) is 0 Å². The lowest BCUT2D eigenvalue weighted by Gasteiger charge is -2.45. The van der Waals surface area contributed by atoms with Gasteiger partial charge in [0.25, 0.3) is 0 Å². The molecule has 19 heavy (non-hydrogen) atoms. The SMILES string of the molecule is CC(C)(C)OC(=O)N1CCOCC1C(C)(CN)CO. The molecule has 0 spiro atoms. The average molecular weight is 274 g/mol. The lowest BCUT2D eigenvalue weighted by atomic mass is 9.82. The number of rotatable bonds is 3. The second-order valence-corrected chi connectivity index (χ2v) is 6.28. The molecule has 2 unspecified atom stereocenters. The van der Waals surface area contributed by atoms with E-state index in [1.165, 1.54) is 0 Å². The summed E-state index contributed by atoms with van der Waals surface area (Å²) in [7, 11) is 0. The molecule has 6 nitrogen and oxygen atoms in total. The standard InChI is InChI=1S/C13H26N2O4/c1-12(2,3)19-11(17)15-5-6-18-7-10(15)13(4,8-14)9-16/h10,16H,5-9,14H2,1-4H3. The van der Waals surface area contributed by atoms with Gasteiger partial charge in [-0.1, -0.05) is 6.92 Å². The molecular formula is C13H26N2O4. The molecule has 0 aliphatic carbocycles. The van der Waals surface area contributed by atoms with Crippen LogP contribution in [0.25, 0.3) is 0 Å². The van der Waals surface area contributed by atoms with Crippen LogP contribution >= 0.6 is 0 Å². The van der Waals surface area contributed by atoms with Crippen molar-refractivity contribution in [2.45, 2.75) is 39.3 Å². The number of carbonyl (C=O) groups is 1. The van der Waals surface area contributed by atoms with Crippen LogP contribution in [0.2, 0.25) is 0 Å². The van der Waals surface area contributed by atoms with E-state index in [2.05, 4.69) is 0 Å². The highest BCUT2D eigenvalue weighted by atomic mass is 16.6. The van der Waals surface area contributed by atoms with Crippen molar-refractivity contribution in [2.75, 3.05) is 32.9 Å². The van der Waals surface area contributed by atoms with Gasteiger partial charge in [-0.05, 0) is 20.8 Å². The summed E-state index contributed by atoms with van der Waals surface area (Å²) in [6.45, 7) is 8.80. The average Bonchev–Trinajstić information content (AvgIpc) is 2.36. The number of amides is 1. The first-order chi connectivity index (χ1) is 8.73. The maximum Gasteiger partial charge on any atom is 0.410 e. The van der Waals surface area contributed by atoms with Gasteiger partial charge in [0.1, 0.15) is 5.60 Å². The third-order valence-corrected chi connectivity index (χ3v) is 3.39. The second-order valence-electron chi connectivity index (χ2n) is 6.28. The maximum atomic E-state index is 12.2. The Morgan fingerprint density at radius 3 is 2.58 bits per heavy atom. The zero-order valence-corrected chi connectivity index (χ0v) is 12.3. The molecule has 0 saturated carbocycles. The minimum absolute atomic E-state index is 0.100. The first-order valence-electron chi connectivity index (χ1n) is 6.62. The molecule has 3 N–H and O–H groups in total. The number of nitrogens with zero attached hydrogens (tertiary/aromatic N) is 1. The van der Waals surface area contributed by atoms with Gasteiger partial charge in [-0.15, -0.1) is 0 Å². The van der Waals surface area contributed by atoms with E-state index in [1.54, 1.807) is 4.90 Å². The van der Waals surface area contributed by atoms with Gasteiger partial charge >= 0.3 is 6.09 Å². The smallest absolute Gasteiger partial charge is 0.410 e. The molecule has 1 fully saturated rings. The third kappa shape index (κ3) is 4.06. The molecule has 0 bridgehead atoms. The molecule has 2 atom stereocenters. The topological polar surface area (TPSA) is 85.0 Å². The molecule has 0 aromatic carbocycles. The molecule has 112 valence electrons. The van der Waals surface area contributed by atoms with Crippen molar-refractivity contribution in [3.63, 3.8) is 0 Å². The van der Waals surface area contributed by atoms with Gasteiger partial charge in [0.15, 0.2) is 0 Å². The molecular weight excluding hydrogens is 248 g/mol. The Morgan fingerprint density at radius 2 is 2.11 bits per heavy atom. The Hall–Kier alpha value is -0.850. The van der Waals surface area contributed by atoms with E-state index in [1.807, 2.05) is 27.7 Å². The molecule has 1 rings (SSSR count). The lowest BCUT2D eigenvalue weighted by Crippen LogP contribution is -2.60. The van der Waals surface area contributed by atoms with E-state index >= 15 is 0 Å². The molecule has 1 aliphatic rings. The lowest BCUT2D eigenvalue weighted by molar-refractivity contribution is -0.0753. The summed E-state index contributed by atoms with van der Waals surface area (Å²) in [4.78, 5) is 13.9. The van der Waals surface area contributed by atoms with Crippen LogP contribution in [0.4, 0.5) is 4.79 Å². The van der Waals surface area contributed by atoms with Crippen molar-refractivity contribution in [1.82, 2.24) is 4.90 Å². The maximum absolute atomic E-state index is 12.2. The Morgan fingerprint density at radius 1 is 1.47 bits per heavy atom. The van der Waals surface area contributed by atoms with E-state index in [9.17, 15) is 9.90 Å². The van der Waals surface area contributed by atoms with E-state index in [0.29, 0.717) is 19.8 Å². The van der Waals surface area contributed by atoms with Crippen LogP contribution < -0.4 is 5.73 Å². The first-order valence-corrected chi connectivity index (χ1v) is 6.62. The summed E-state index contributed by atoms with van der Waals surface area (Å²) < 4.78 is 10.8. The fraction of sp³-hybridized carbons (Fsp3) is 0.923. The predicted molar refractivity (Wildman–Crippen MR) is 71.8 cm³/mol. The van der Waals surface area contributed by atoms with E-state index < -0.39 is 11.0 Å². The van der Waals surface area contributed by atoms with Gasteiger partial charge in [-0.2, -0.15) is 0 Å². The Kier molecular flexibility index (Phi) is 5.18. The molecule has 1 heterocycles. The highest BCUT2D eigenvalue weighted by molar-refractivity contribution is 5.68. The molecule has 1 saturated heterocycles. The summed E-state index contributed by atoms with van der Waals surface area (Å²) in [6.07, 6.45) is -0.381. The van der Waals surface area contributed by atoms with Crippen molar-refractivity contribution in [3.8, 4) is 0 Å². The van der Waals surface area contributed by atoms with Gasteiger partial charge in [-0.25, -0.2) is 4.79 Å². The van der Waals surface area contributed by atoms with Crippen LogP contribution in [0.1, 0.15) is 27.7 Å². The van der Waals surface area contributed by atoms with Crippen molar-refractivity contribution < 1.29 is 19.4 Å². The van der Waals surface area contributed by atoms with Crippen molar-refractivity contribution in [3.05, 3.63) is 0 Å². The summed E-state index contributed by atoms with van der Waals surface area (Å²) in [5.41, 5.74) is 4.61. The fourth-order valence-electron chi connectivity index (χ4n) is 2.03. The molecule has 0 radical (unpaired) electrons. The molecule has 6 heteroatoms. The second kappa shape index (κ2) is 6.07.